The quantitative estimate of drug-likeness (QED) is 0.140. The van der Waals surface area contributed by atoms with Crippen molar-refractivity contribution in [2.75, 3.05) is 13.2 Å². The van der Waals surface area contributed by atoms with Gasteiger partial charge in [0.15, 0.2) is 0 Å². The summed E-state index contributed by atoms with van der Waals surface area (Å²) >= 11 is 0. The Kier molecular flexibility index (Phi) is 19.4. The molecule has 0 bridgehead atoms. The van der Waals surface area contributed by atoms with E-state index < -0.39 is 11.5 Å². The molecule has 0 aromatic heterocycles. The number of hydrogen-bond donors (Lipinski definition) is 2. The molecule has 0 heterocycles. The molecule has 5 heteroatoms. The van der Waals surface area contributed by atoms with E-state index >= 15 is 0 Å². The van der Waals surface area contributed by atoms with E-state index in [-0.39, 0.29) is 18.3 Å². The Labute approximate surface area is 217 Å². The smallest absolute Gasteiger partial charge is 0.326 e. The molecule has 0 aliphatic carbocycles. The van der Waals surface area contributed by atoms with Crippen molar-refractivity contribution in [2.24, 2.45) is 23.7 Å². The van der Waals surface area contributed by atoms with Gasteiger partial charge in [0, 0.05) is 0 Å². The van der Waals surface area contributed by atoms with E-state index in [0.29, 0.717) is 24.4 Å². The van der Waals surface area contributed by atoms with Gasteiger partial charge in [0.05, 0.1) is 13.0 Å². The predicted octanol–water partition coefficient (Wildman–Crippen LogP) is 8.01. The van der Waals surface area contributed by atoms with Crippen molar-refractivity contribution in [3.8, 4) is 0 Å². The number of rotatable bonds is 23. The van der Waals surface area contributed by atoms with E-state index in [1.807, 2.05) is 6.92 Å². The fourth-order valence-electron chi connectivity index (χ4n) is 5.04. The number of carboxylic acids is 1. The summed E-state index contributed by atoms with van der Waals surface area (Å²) in [4.78, 5) is 25.7. The number of carboxylic acid groups (broad SMARTS) is 1. The highest BCUT2D eigenvalue weighted by Crippen LogP contribution is 2.33. The second-order valence-electron chi connectivity index (χ2n) is 11.0. The minimum atomic E-state index is -0.999. The normalized spacial score (nSPS) is 16.8. The molecule has 208 valence electrons. The molecule has 0 aliphatic heterocycles. The van der Waals surface area contributed by atoms with Gasteiger partial charge in [-0.25, -0.2) is 0 Å². The van der Waals surface area contributed by atoms with Crippen molar-refractivity contribution in [2.45, 2.75) is 144 Å². The topological polar surface area (TPSA) is 75.6 Å². The number of carbonyl (C=O) groups excluding carboxylic acids is 1. The minimum Gasteiger partial charge on any atom is -0.481 e. The summed E-state index contributed by atoms with van der Waals surface area (Å²) in [6.45, 7) is 16.2. The van der Waals surface area contributed by atoms with Crippen LogP contribution in [-0.2, 0) is 14.3 Å². The van der Waals surface area contributed by atoms with Crippen LogP contribution in [0.2, 0.25) is 0 Å². The van der Waals surface area contributed by atoms with Gasteiger partial charge in [0.25, 0.3) is 0 Å². The van der Waals surface area contributed by atoms with Crippen LogP contribution in [0.15, 0.2) is 0 Å². The van der Waals surface area contributed by atoms with Gasteiger partial charge >= 0.3 is 11.9 Å². The van der Waals surface area contributed by atoms with Crippen molar-refractivity contribution in [1.29, 1.82) is 0 Å². The highest BCUT2D eigenvalue weighted by atomic mass is 16.5. The molecule has 0 rings (SSSR count). The zero-order valence-electron chi connectivity index (χ0n) is 24.3. The number of aliphatic carboxylic acids is 1. The predicted molar refractivity (Wildman–Crippen MR) is 148 cm³/mol. The zero-order valence-corrected chi connectivity index (χ0v) is 24.3. The van der Waals surface area contributed by atoms with Gasteiger partial charge in [0.1, 0.15) is 5.54 Å². The van der Waals surface area contributed by atoms with Crippen LogP contribution in [0.25, 0.3) is 0 Å². The average Bonchev–Trinajstić information content (AvgIpc) is 2.85. The van der Waals surface area contributed by atoms with E-state index in [4.69, 9.17) is 4.74 Å². The summed E-state index contributed by atoms with van der Waals surface area (Å²) in [7, 11) is 0. The summed E-state index contributed by atoms with van der Waals surface area (Å²) in [5.74, 6) is -0.149. The Hall–Kier alpha value is -1.10. The molecule has 0 aromatic carbocycles. The maximum absolute atomic E-state index is 13.7. The van der Waals surface area contributed by atoms with Crippen molar-refractivity contribution in [1.82, 2.24) is 5.32 Å². The Bertz CT molecular complexity index is 552. The van der Waals surface area contributed by atoms with Crippen LogP contribution in [0.3, 0.4) is 0 Å². The Morgan fingerprint density at radius 2 is 1.29 bits per heavy atom. The number of esters is 1. The van der Waals surface area contributed by atoms with Crippen LogP contribution in [-0.4, -0.2) is 35.7 Å². The van der Waals surface area contributed by atoms with Gasteiger partial charge < -0.3 is 15.2 Å². The number of unbranched alkanes of at least 4 members (excludes halogenated alkanes) is 3. The van der Waals surface area contributed by atoms with E-state index in [1.165, 1.54) is 6.42 Å². The van der Waals surface area contributed by atoms with E-state index in [2.05, 4.69) is 46.9 Å². The molecule has 5 unspecified atom stereocenters. The molecule has 5 atom stereocenters. The van der Waals surface area contributed by atoms with Gasteiger partial charge in [0.2, 0.25) is 0 Å². The van der Waals surface area contributed by atoms with Crippen LogP contribution in [0.4, 0.5) is 0 Å². The molecule has 0 spiro atoms. The Morgan fingerprint density at radius 3 is 1.74 bits per heavy atom. The summed E-state index contributed by atoms with van der Waals surface area (Å²) in [5, 5.41) is 13.4. The molecule has 35 heavy (non-hydrogen) atoms. The molecule has 0 aromatic rings. The first-order chi connectivity index (χ1) is 16.7. The minimum absolute atomic E-state index is 0.0139. The fourth-order valence-corrected chi connectivity index (χ4v) is 5.04. The maximum Gasteiger partial charge on any atom is 0.326 e. The van der Waals surface area contributed by atoms with Crippen molar-refractivity contribution in [3.05, 3.63) is 0 Å². The first kappa shape index (κ1) is 33.9. The molecule has 0 amide bonds. The lowest BCUT2D eigenvalue weighted by molar-refractivity contribution is -0.157. The standard InChI is InChI=1S/C30H59NO4/c1-8-14-17-24(11-4)20-27(21-28(32)33)30(7,31-22-25(12-5)18-15-9-2)29(34)35-23-26(13-6)19-16-10-3/h24-27,31H,8-23H2,1-7H3,(H,32,33). The van der Waals surface area contributed by atoms with Gasteiger partial charge in [-0.1, -0.05) is 106 Å². The molecule has 0 aliphatic rings. The number of carbonyl (C=O) groups is 2. The Morgan fingerprint density at radius 1 is 0.800 bits per heavy atom. The first-order valence-electron chi connectivity index (χ1n) is 14.9. The molecule has 0 saturated carbocycles. The lowest BCUT2D eigenvalue weighted by atomic mass is 9.75. The number of nitrogens with one attached hydrogen (secondary N) is 1. The van der Waals surface area contributed by atoms with Gasteiger partial charge in [-0.15, -0.1) is 0 Å². The van der Waals surface area contributed by atoms with E-state index in [1.54, 1.807) is 0 Å². The zero-order chi connectivity index (χ0) is 26.7. The van der Waals surface area contributed by atoms with Crippen molar-refractivity contribution >= 4 is 11.9 Å². The molecule has 0 fully saturated rings. The van der Waals surface area contributed by atoms with Crippen molar-refractivity contribution < 1.29 is 19.4 Å². The average molecular weight is 498 g/mol. The van der Waals surface area contributed by atoms with Crippen LogP contribution in [0.1, 0.15) is 138 Å². The van der Waals surface area contributed by atoms with Gasteiger partial charge in [-0.3, -0.25) is 9.59 Å². The van der Waals surface area contributed by atoms with Crippen LogP contribution >= 0.6 is 0 Å². The second kappa shape index (κ2) is 20.0. The largest absolute Gasteiger partial charge is 0.481 e. The lowest BCUT2D eigenvalue weighted by Crippen LogP contribution is -2.58. The van der Waals surface area contributed by atoms with Crippen LogP contribution in [0, 0.1) is 23.7 Å². The van der Waals surface area contributed by atoms with Crippen LogP contribution < -0.4 is 5.32 Å². The SMILES string of the molecule is CCCCC(CC)CNC(C)(C(=O)OCC(CC)CCCC)C(CC(=O)O)CC(CC)CCCC. The summed E-state index contributed by atoms with van der Waals surface area (Å²) < 4.78 is 5.97. The summed E-state index contributed by atoms with van der Waals surface area (Å²) in [6, 6.07) is 0. The highest BCUT2D eigenvalue weighted by Gasteiger charge is 2.44. The second-order valence-corrected chi connectivity index (χ2v) is 11.0. The van der Waals surface area contributed by atoms with Crippen LogP contribution in [0.5, 0.6) is 0 Å². The maximum atomic E-state index is 13.7. The molecular formula is C30H59NO4. The third-order valence-corrected chi connectivity index (χ3v) is 8.12. The lowest BCUT2D eigenvalue weighted by Gasteiger charge is -2.39. The molecule has 5 nitrogen and oxygen atoms in total. The summed E-state index contributed by atoms with van der Waals surface area (Å²) in [5.41, 5.74) is -0.999. The number of ether oxygens (including phenoxy) is 1. The van der Waals surface area contributed by atoms with Crippen molar-refractivity contribution in [3.63, 3.8) is 0 Å². The number of hydrogen-bond acceptors (Lipinski definition) is 4. The molecular weight excluding hydrogens is 438 g/mol. The third kappa shape index (κ3) is 13.7. The summed E-state index contributed by atoms with van der Waals surface area (Å²) in [6.07, 6.45) is 13.9. The molecule has 0 saturated heterocycles. The monoisotopic (exact) mass is 497 g/mol. The molecule has 0 radical (unpaired) electrons. The van der Waals surface area contributed by atoms with E-state index in [0.717, 1.165) is 83.6 Å². The fraction of sp³-hybridized carbons (Fsp3) is 0.933. The first-order valence-corrected chi connectivity index (χ1v) is 14.9. The third-order valence-electron chi connectivity index (χ3n) is 8.12. The highest BCUT2D eigenvalue weighted by molar-refractivity contribution is 5.82. The van der Waals surface area contributed by atoms with E-state index in [9.17, 15) is 14.7 Å². The Balaban J connectivity index is 5.83. The molecule has 2 N–H and O–H groups in total. The van der Waals surface area contributed by atoms with Gasteiger partial charge in [-0.2, -0.15) is 0 Å². The van der Waals surface area contributed by atoms with Gasteiger partial charge in [-0.05, 0) is 56.4 Å².